The van der Waals surface area contributed by atoms with Gasteiger partial charge in [0.25, 0.3) is 0 Å². The molecule has 0 bridgehead atoms. The van der Waals surface area contributed by atoms with Crippen LogP contribution in [-0.2, 0) is 20.9 Å². The van der Waals surface area contributed by atoms with E-state index in [0.29, 0.717) is 12.7 Å². The van der Waals surface area contributed by atoms with Crippen LogP contribution in [0.5, 0.6) is 0 Å². The first-order chi connectivity index (χ1) is 11.2. The van der Waals surface area contributed by atoms with Gasteiger partial charge in [0.2, 0.25) is 10.0 Å². The highest BCUT2D eigenvalue weighted by Crippen LogP contribution is 2.31. The summed E-state index contributed by atoms with van der Waals surface area (Å²) in [5.41, 5.74) is -1.34. The van der Waals surface area contributed by atoms with Crippen molar-refractivity contribution >= 4 is 10.0 Å². The lowest BCUT2D eigenvalue weighted by Crippen LogP contribution is -2.47. The fraction of sp³-hybridized carbons (Fsp3) is 0.600. The number of benzene rings is 1. The SMILES string of the molecule is COCC1(CNS(=O)(=O)c2cccc(C(F)(F)F)c2)CCNCC1. The molecule has 1 heterocycles. The number of alkyl halides is 3. The Bertz CT molecular complexity index is 651. The van der Waals surface area contributed by atoms with Gasteiger partial charge in [0.1, 0.15) is 0 Å². The molecule has 1 aromatic carbocycles. The molecule has 0 radical (unpaired) electrons. The Labute approximate surface area is 139 Å². The van der Waals surface area contributed by atoms with Gasteiger partial charge in [0.05, 0.1) is 17.1 Å². The molecule has 1 aromatic rings. The summed E-state index contributed by atoms with van der Waals surface area (Å²) in [4.78, 5) is -0.390. The molecule has 2 rings (SSSR count). The summed E-state index contributed by atoms with van der Waals surface area (Å²) in [5.74, 6) is 0. The number of halogens is 3. The predicted octanol–water partition coefficient (Wildman–Crippen LogP) is 2.00. The first-order valence-corrected chi connectivity index (χ1v) is 9.03. The van der Waals surface area contributed by atoms with Crippen molar-refractivity contribution in [2.45, 2.75) is 23.9 Å². The van der Waals surface area contributed by atoms with Crippen LogP contribution in [0, 0.1) is 5.41 Å². The summed E-state index contributed by atoms with van der Waals surface area (Å²) in [6, 6.07) is 3.74. The van der Waals surface area contributed by atoms with Gasteiger partial charge in [-0.2, -0.15) is 13.2 Å². The average Bonchev–Trinajstić information content (AvgIpc) is 2.54. The average molecular weight is 366 g/mol. The van der Waals surface area contributed by atoms with Crippen molar-refractivity contribution in [2.24, 2.45) is 5.41 Å². The van der Waals surface area contributed by atoms with Crippen molar-refractivity contribution in [3.8, 4) is 0 Å². The Balaban J connectivity index is 2.16. The van der Waals surface area contributed by atoms with Gasteiger partial charge in [0, 0.05) is 19.1 Å². The highest BCUT2D eigenvalue weighted by Gasteiger charge is 2.35. The zero-order valence-corrected chi connectivity index (χ0v) is 14.1. The molecule has 0 aromatic heterocycles. The topological polar surface area (TPSA) is 67.4 Å². The van der Waals surface area contributed by atoms with Gasteiger partial charge < -0.3 is 10.1 Å². The zero-order chi connectivity index (χ0) is 17.8. The van der Waals surface area contributed by atoms with Gasteiger partial charge in [0.15, 0.2) is 0 Å². The molecule has 9 heteroatoms. The molecule has 0 unspecified atom stereocenters. The Morgan fingerprint density at radius 2 is 1.96 bits per heavy atom. The Hall–Kier alpha value is -1.16. The summed E-state index contributed by atoms with van der Waals surface area (Å²) >= 11 is 0. The van der Waals surface area contributed by atoms with E-state index < -0.39 is 21.8 Å². The summed E-state index contributed by atoms with van der Waals surface area (Å²) in [6.07, 6.45) is -3.13. The Morgan fingerprint density at radius 1 is 1.29 bits per heavy atom. The van der Waals surface area contributed by atoms with E-state index in [1.807, 2.05) is 0 Å². The normalized spacial score (nSPS) is 18.5. The molecule has 0 saturated carbocycles. The number of rotatable bonds is 6. The minimum Gasteiger partial charge on any atom is -0.384 e. The molecule has 1 aliphatic rings. The van der Waals surface area contributed by atoms with Crippen molar-refractivity contribution in [3.63, 3.8) is 0 Å². The maximum atomic E-state index is 12.8. The van der Waals surface area contributed by atoms with Crippen LogP contribution >= 0.6 is 0 Å². The van der Waals surface area contributed by atoms with Gasteiger partial charge in [-0.05, 0) is 44.1 Å². The number of hydrogen-bond acceptors (Lipinski definition) is 4. The molecule has 0 aliphatic carbocycles. The summed E-state index contributed by atoms with van der Waals surface area (Å²) in [6.45, 7) is 2.00. The number of ether oxygens (including phenoxy) is 1. The minimum absolute atomic E-state index is 0.126. The van der Waals surface area contributed by atoms with Crippen LogP contribution in [0.15, 0.2) is 29.2 Å². The highest BCUT2D eigenvalue weighted by atomic mass is 32.2. The molecule has 0 amide bonds. The highest BCUT2D eigenvalue weighted by molar-refractivity contribution is 7.89. The fourth-order valence-corrected chi connectivity index (χ4v) is 4.01. The third-order valence-electron chi connectivity index (χ3n) is 4.22. The van der Waals surface area contributed by atoms with Crippen LogP contribution in [-0.4, -0.2) is 41.8 Å². The third kappa shape index (κ3) is 4.69. The lowest BCUT2D eigenvalue weighted by Gasteiger charge is -2.37. The largest absolute Gasteiger partial charge is 0.416 e. The molecular formula is C15H21F3N2O3S. The van der Waals surface area contributed by atoms with Crippen LogP contribution in [0.25, 0.3) is 0 Å². The van der Waals surface area contributed by atoms with Gasteiger partial charge >= 0.3 is 6.18 Å². The number of piperidine rings is 1. The zero-order valence-electron chi connectivity index (χ0n) is 13.3. The smallest absolute Gasteiger partial charge is 0.384 e. The van der Waals surface area contributed by atoms with Crippen molar-refractivity contribution in [3.05, 3.63) is 29.8 Å². The molecular weight excluding hydrogens is 345 g/mol. The number of methoxy groups -OCH3 is 1. The van der Waals surface area contributed by atoms with E-state index in [4.69, 9.17) is 4.74 Å². The standard InChI is InChI=1S/C15H21F3N2O3S/c1-23-11-14(5-7-19-8-6-14)10-20-24(21,22)13-4-2-3-12(9-13)15(16,17)18/h2-4,9,19-20H,5-8,10-11H2,1H3. The minimum atomic E-state index is -4.59. The van der Waals surface area contributed by atoms with E-state index >= 15 is 0 Å². The van der Waals surface area contributed by atoms with Gasteiger partial charge in [-0.1, -0.05) is 6.07 Å². The number of hydrogen-bond donors (Lipinski definition) is 2. The number of nitrogens with one attached hydrogen (secondary N) is 2. The molecule has 1 fully saturated rings. The lowest BCUT2D eigenvalue weighted by molar-refractivity contribution is -0.137. The van der Waals surface area contributed by atoms with Crippen molar-refractivity contribution in [1.82, 2.24) is 10.0 Å². The second-order valence-corrected chi connectivity index (χ2v) is 7.80. The van der Waals surface area contributed by atoms with Crippen molar-refractivity contribution in [2.75, 3.05) is 33.4 Å². The number of sulfonamides is 1. The molecule has 1 saturated heterocycles. The fourth-order valence-electron chi connectivity index (χ4n) is 2.81. The van der Waals surface area contributed by atoms with Crippen LogP contribution in [0.2, 0.25) is 0 Å². The third-order valence-corrected chi connectivity index (χ3v) is 5.62. The maximum absolute atomic E-state index is 12.8. The summed E-state index contributed by atoms with van der Waals surface area (Å²) in [5, 5.41) is 3.19. The summed E-state index contributed by atoms with van der Waals surface area (Å²) in [7, 11) is -2.48. The van der Waals surface area contributed by atoms with E-state index in [0.717, 1.165) is 44.1 Å². The van der Waals surface area contributed by atoms with Crippen molar-refractivity contribution in [1.29, 1.82) is 0 Å². The van der Waals surface area contributed by atoms with E-state index in [-0.39, 0.29) is 16.9 Å². The van der Waals surface area contributed by atoms with Crippen LogP contribution < -0.4 is 10.0 Å². The molecule has 0 atom stereocenters. The molecule has 5 nitrogen and oxygen atoms in total. The second kappa shape index (κ2) is 7.38. The lowest BCUT2D eigenvalue weighted by atomic mass is 9.80. The van der Waals surface area contributed by atoms with Crippen LogP contribution in [0.1, 0.15) is 18.4 Å². The van der Waals surface area contributed by atoms with Crippen molar-refractivity contribution < 1.29 is 26.3 Å². The van der Waals surface area contributed by atoms with E-state index in [1.54, 1.807) is 7.11 Å². The molecule has 1 aliphatic heterocycles. The van der Waals surface area contributed by atoms with Crippen LogP contribution in [0.3, 0.4) is 0 Å². The molecule has 24 heavy (non-hydrogen) atoms. The van der Waals surface area contributed by atoms with E-state index in [1.165, 1.54) is 0 Å². The van der Waals surface area contributed by atoms with Gasteiger partial charge in [-0.3, -0.25) is 0 Å². The predicted molar refractivity (Wildman–Crippen MR) is 83.0 cm³/mol. The Morgan fingerprint density at radius 3 is 2.54 bits per heavy atom. The quantitative estimate of drug-likeness (QED) is 0.808. The molecule has 0 spiro atoms. The first-order valence-electron chi connectivity index (χ1n) is 7.55. The van der Waals surface area contributed by atoms with Crippen LogP contribution in [0.4, 0.5) is 13.2 Å². The summed E-state index contributed by atoms with van der Waals surface area (Å²) < 4.78 is 70.7. The maximum Gasteiger partial charge on any atom is 0.416 e. The van der Waals surface area contributed by atoms with E-state index in [9.17, 15) is 21.6 Å². The van der Waals surface area contributed by atoms with Gasteiger partial charge in [-0.15, -0.1) is 0 Å². The van der Waals surface area contributed by atoms with E-state index in [2.05, 4.69) is 10.0 Å². The monoisotopic (exact) mass is 366 g/mol. The second-order valence-electron chi connectivity index (χ2n) is 6.03. The Kier molecular flexibility index (Phi) is 5.90. The molecule has 136 valence electrons. The van der Waals surface area contributed by atoms with Gasteiger partial charge in [-0.25, -0.2) is 13.1 Å². The first kappa shape index (κ1) is 19.2. The molecule has 2 N–H and O–H groups in total.